The molecule has 1 rings (SSSR count). The number of anilines is 1. The second-order valence-corrected chi connectivity index (χ2v) is 3.68. The monoisotopic (exact) mass is 243 g/mol. The van der Waals surface area contributed by atoms with E-state index in [1.165, 1.54) is 4.90 Å². The minimum atomic E-state index is -0.121. The molecule has 6 nitrogen and oxygen atoms in total. The number of halogens is 1. The lowest BCUT2D eigenvalue weighted by molar-refractivity contribution is 0.218. The van der Waals surface area contributed by atoms with Crippen molar-refractivity contribution in [3.05, 3.63) is 17.3 Å². The fraction of sp³-hybridized carbons (Fsp3) is 0.444. The van der Waals surface area contributed by atoms with E-state index in [9.17, 15) is 4.79 Å². The Morgan fingerprint density at radius 2 is 2.12 bits per heavy atom. The number of rotatable bonds is 4. The van der Waals surface area contributed by atoms with Crippen LogP contribution in [0.2, 0.25) is 5.15 Å². The number of carbonyl (C=O) groups excluding carboxylic acids is 1. The number of hydrogen-bond acceptors (Lipinski definition) is 4. The van der Waals surface area contributed by atoms with Gasteiger partial charge in [-0.2, -0.15) is 0 Å². The summed E-state index contributed by atoms with van der Waals surface area (Å²) in [5.41, 5.74) is 0. The number of hydrogen-bond donors (Lipinski definition) is 2. The van der Waals surface area contributed by atoms with E-state index in [1.54, 1.807) is 26.2 Å². The molecule has 0 spiro atoms. The fourth-order valence-corrected chi connectivity index (χ4v) is 1.03. The molecule has 16 heavy (non-hydrogen) atoms. The number of nitrogens with one attached hydrogen (secondary N) is 2. The van der Waals surface area contributed by atoms with Gasteiger partial charge in [0.25, 0.3) is 0 Å². The maximum absolute atomic E-state index is 11.1. The molecule has 0 saturated heterocycles. The lowest BCUT2D eigenvalue weighted by Crippen LogP contribution is -2.37. The van der Waals surface area contributed by atoms with E-state index < -0.39 is 0 Å². The summed E-state index contributed by atoms with van der Waals surface area (Å²) in [5, 5.41) is 13.6. The summed E-state index contributed by atoms with van der Waals surface area (Å²) in [4.78, 5) is 12.6. The molecule has 2 N–H and O–H groups in total. The predicted octanol–water partition coefficient (Wildman–Crippen LogP) is 0.813. The zero-order valence-electron chi connectivity index (χ0n) is 9.20. The summed E-state index contributed by atoms with van der Waals surface area (Å²) in [6.07, 6.45) is 0. The maximum atomic E-state index is 11.1. The Balaban J connectivity index is 2.21. The Morgan fingerprint density at radius 3 is 2.69 bits per heavy atom. The normalized spacial score (nSPS) is 9.69. The van der Waals surface area contributed by atoms with Gasteiger partial charge in [-0.25, -0.2) is 4.79 Å². The molecule has 1 heterocycles. The average molecular weight is 244 g/mol. The molecule has 0 aliphatic carbocycles. The van der Waals surface area contributed by atoms with E-state index in [4.69, 9.17) is 11.6 Å². The zero-order valence-corrected chi connectivity index (χ0v) is 9.95. The van der Waals surface area contributed by atoms with Crippen molar-refractivity contribution in [3.8, 4) is 0 Å². The zero-order chi connectivity index (χ0) is 12.0. The summed E-state index contributed by atoms with van der Waals surface area (Å²) in [5.74, 6) is 0.628. The average Bonchev–Trinajstić information content (AvgIpc) is 2.26. The summed E-state index contributed by atoms with van der Waals surface area (Å²) in [6.45, 7) is 1.09. The smallest absolute Gasteiger partial charge is 0.316 e. The summed E-state index contributed by atoms with van der Waals surface area (Å²) < 4.78 is 0. The SMILES string of the molecule is CN(C)C(=O)NCCNc1ccc(Cl)nn1. The van der Waals surface area contributed by atoms with Crippen molar-refractivity contribution in [2.45, 2.75) is 0 Å². The topological polar surface area (TPSA) is 70.2 Å². The molecule has 88 valence electrons. The highest BCUT2D eigenvalue weighted by Gasteiger charge is 2.00. The van der Waals surface area contributed by atoms with Crippen molar-refractivity contribution in [1.82, 2.24) is 20.4 Å². The molecule has 0 bridgehead atoms. The first-order valence-corrected chi connectivity index (χ1v) is 5.15. The van der Waals surface area contributed by atoms with Crippen molar-refractivity contribution < 1.29 is 4.79 Å². The van der Waals surface area contributed by atoms with Crippen LogP contribution in [-0.2, 0) is 0 Å². The molecule has 0 fully saturated rings. The van der Waals surface area contributed by atoms with E-state index >= 15 is 0 Å². The van der Waals surface area contributed by atoms with Crippen LogP contribution < -0.4 is 10.6 Å². The van der Waals surface area contributed by atoms with E-state index in [0.717, 1.165) is 0 Å². The minimum absolute atomic E-state index is 0.121. The third-order valence-electron chi connectivity index (χ3n) is 1.75. The van der Waals surface area contributed by atoms with Crippen LogP contribution in [0, 0.1) is 0 Å². The Bertz CT molecular complexity index is 340. The van der Waals surface area contributed by atoms with Gasteiger partial charge in [-0.3, -0.25) is 0 Å². The quantitative estimate of drug-likeness (QED) is 0.768. The van der Waals surface area contributed by atoms with Gasteiger partial charge in [0, 0.05) is 27.2 Å². The predicted molar refractivity (Wildman–Crippen MR) is 62.6 cm³/mol. The van der Waals surface area contributed by atoms with Gasteiger partial charge in [0.15, 0.2) is 5.15 Å². The Hall–Kier alpha value is -1.56. The van der Waals surface area contributed by atoms with Crippen molar-refractivity contribution in [1.29, 1.82) is 0 Å². The molecule has 0 aromatic carbocycles. The molecule has 0 aliphatic heterocycles. The van der Waals surface area contributed by atoms with Crippen LogP contribution in [0.1, 0.15) is 0 Å². The summed E-state index contributed by atoms with van der Waals surface area (Å²) in [7, 11) is 3.38. The second-order valence-electron chi connectivity index (χ2n) is 3.29. The van der Waals surface area contributed by atoms with Crippen LogP contribution in [0.15, 0.2) is 12.1 Å². The summed E-state index contributed by atoms with van der Waals surface area (Å²) >= 11 is 5.59. The van der Waals surface area contributed by atoms with Gasteiger partial charge in [0.2, 0.25) is 0 Å². The molecule has 0 saturated carbocycles. The van der Waals surface area contributed by atoms with Gasteiger partial charge >= 0.3 is 6.03 Å². The highest BCUT2D eigenvalue weighted by Crippen LogP contribution is 2.04. The Labute approximate surface area is 99.0 Å². The van der Waals surface area contributed by atoms with Crippen LogP contribution in [-0.4, -0.2) is 48.3 Å². The van der Waals surface area contributed by atoms with E-state index in [1.807, 2.05) is 0 Å². The molecule has 1 aromatic heterocycles. The van der Waals surface area contributed by atoms with Crippen LogP contribution in [0.5, 0.6) is 0 Å². The highest BCUT2D eigenvalue weighted by molar-refractivity contribution is 6.29. The van der Waals surface area contributed by atoms with E-state index in [0.29, 0.717) is 24.1 Å². The Kier molecular flexibility index (Phi) is 4.78. The highest BCUT2D eigenvalue weighted by atomic mass is 35.5. The number of nitrogens with zero attached hydrogens (tertiary/aromatic N) is 3. The van der Waals surface area contributed by atoms with Crippen LogP contribution in [0.4, 0.5) is 10.6 Å². The molecular weight excluding hydrogens is 230 g/mol. The molecule has 1 aromatic rings. The molecule has 0 unspecified atom stereocenters. The van der Waals surface area contributed by atoms with Crippen LogP contribution >= 0.6 is 11.6 Å². The second kappa shape index (κ2) is 6.12. The third kappa shape index (κ3) is 4.31. The van der Waals surface area contributed by atoms with Crippen molar-refractivity contribution in [2.24, 2.45) is 0 Å². The van der Waals surface area contributed by atoms with Gasteiger partial charge in [-0.05, 0) is 12.1 Å². The third-order valence-corrected chi connectivity index (χ3v) is 1.95. The van der Waals surface area contributed by atoms with Crippen molar-refractivity contribution in [2.75, 3.05) is 32.5 Å². The standard InChI is InChI=1S/C9H14ClN5O/c1-15(2)9(16)12-6-5-11-8-4-3-7(10)13-14-8/h3-4H,5-6H2,1-2H3,(H,11,14)(H,12,16). The first kappa shape index (κ1) is 12.5. The number of aromatic nitrogens is 2. The lowest BCUT2D eigenvalue weighted by atomic mass is 10.5. The minimum Gasteiger partial charge on any atom is -0.367 e. The molecule has 0 atom stereocenters. The van der Waals surface area contributed by atoms with E-state index in [-0.39, 0.29) is 6.03 Å². The van der Waals surface area contributed by atoms with Crippen molar-refractivity contribution >= 4 is 23.4 Å². The van der Waals surface area contributed by atoms with Gasteiger partial charge in [-0.15, -0.1) is 10.2 Å². The number of carbonyl (C=O) groups is 1. The Morgan fingerprint density at radius 1 is 1.38 bits per heavy atom. The molecule has 0 aliphatic rings. The molecule has 0 radical (unpaired) electrons. The number of urea groups is 1. The first-order valence-electron chi connectivity index (χ1n) is 4.78. The van der Waals surface area contributed by atoms with Gasteiger partial charge in [-0.1, -0.05) is 11.6 Å². The molecular formula is C9H14ClN5O. The summed E-state index contributed by atoms with van der Waals surface area (Å²) in [6, 6.07) is 3.25. The lowest BCUT2D eigenvalue weighted by Gasteiger charge is -2.12. The maximum Gasteiger partial charge on any atom is 0.316 e. The van der Waals surface area contributed by atoms with Crippen LogP contribution in [0.25, 0.3) is 0 Å². The van der Waals surface area contributed by atoms with Gasteiger partial charge in [0.1, 0.15) is 5.82 Å². The fourth-order valence-electron chi connectivity index (χ4n) is 0.928. The van der Waals surface area contributed by atoms with Crippen molar-refractivity contribution in [3.63, 3.8) is 0 Å². The first-order chi connectivity index (χ1) is 7.59. The molecule has 2 amide bonds. The molecule has 7 heteroatoms. The van der Waals surface area contributed by atoms with Crippen LogP contribution in [0.3, 0.4) is 0 Å². The number of amides is 2. The van der Waals surface area contributed by atoms with Gasteiger partial charge in [0.05, 0.1) is 0 Å². The largest absolute Gasteiger partial charge is 0.367 e. The van der Waals surface area contributed by atoms with E-state index in [2.05, 4.69) is 20.8 Å². The van der Waals surface area contributed by atoms with Gasteiger partial charge < -0.3 is 15.5 Å².